The van der Waals surface area contributed by atoms with Gasteiger partial charge in [-0.1, -0.05) is 17.7 Å². The van der Waals surface area contributed by atoms with Gasteiger partial charge in [-0.05, 0) is 30.7 Å². The summed E-state index contributed by atoms with van der Waals surface area (Å²) in [5.74, 6) is 1.42. The molecule has 0 unspecified atom stereocenters. The van der Waals surface area contributed by atoms with Gasteiger partial charge in [0.05, 0.1) is 7.11 Å². The van der Waals surface area contributed by atoms with Gasteiger partial charge in [-0.3, -0.25) is 0 Å². The van der Waals surface area contributed by atoms with Gasteiger partial charge in [0.15, 0.2) is 0 Å². The lowest BCUT2D eigenvalue weighted by Crippen LogP contribution is -2.51. The number of ether oxygens (including phenoxy) is 1. The number of carbonyl (C=O) groups excluding carboxylic acids is 1. The van der Waals surface area contributed by atoms with Gasteiger partial charge in [0.1, 0.15) is 28.7 Å². The number of benzene rings is 1. The molecule has 1 fully saturated rings. The van der Waals surface area contributed by atoms with Crippen LogP contribution in [0.25, 0.3) is 5.69 Å². The highest BCUT2D eigenvalue weighted by Gasteiger charge is 2.22. The summed E-state index contributed by atoms with van der Waals surface area (Å²) in [5.41, 5.74) is 2.79. The van der Waals surface area contributed by atoms with Gasteiger partial charge in [0.25, 0.3) is 0 Å². The average Bonchev–Trinajstić information content (AvgIpc) is 3.24. The summed E-state index contributed by atoms with van der Waals surface area (Å²) in [6.45, 7) is 5.01. The van der Waals surface area contributed by atoms with Crippen LogP contribution >= 0.6 is 11.6 Å². The van der Waals surface area contributed by atoms with Crippen molar-refractivity contribution in [2.45, 2.75) is 13.5 Å². The Morgan fingerprint density at radius 1 is 1.16 bits per heavy atom. The Morgan fingerprint density at radius 2 is 1.97 bits per heavy atom. The van der Waals surface area contributed by atoms with Gasteiger partial charge in [0.2, 0.25) is 0 Å². The first kappa shape index (κ1) is 20.9. The van der Waals surface area contributed by atoms with Gasteiger partial charge in [-0.2, -0.15) is 5.10 Å². The number of hydrogen-bond donors (Lipinski definition) is 1. The lowest BCUT2D eigenvalue weighted by Gasteiger charge is -2.36. The van der Waals surface area contributed by atoms with Gasteiger partial charge in [0, 0.05) is 50.7 Å². The fourth-order valence-electron chi connectivity index (χ4n) is 3.48. The fraction of sp³-hybridized carbons (Fsp3) is 0.333. The van der Waals surface area contributed by atoms with E-state index in [2.05, 4.69) is 25.3 Å². The first-order chi connectivity index (χ1) is 15.0. The quantitative estimate of drug-likeness (QED) is 0.612. The van der Waals surface area contributed by atoms with Gasteiger partial charge < -0.3 is 19.9 Å². The molecule has 0 radical (unpaired) electrons. The zero-order valence-corrected chi connectivity index (χ0v) is 18.2. The Hall–Kier alpha value is -3.33. The molecule has 31 heavy (non-hydrogen) atoms. The van der Waals surface area contributed by atoms with Crippen LogP contribution in [0.2, 0.25) is 5.15 Å². The molecule has 2 amide bonds. The number of urea groups is 1. The minimum atomic E-state index is -0.0796. The molecule has 1 saturated heterocycles. The highest BCUT2D eigenvalue weighted by atomic mass is 35.5. The maximum atomic E-state index is 12.5. The van der Waals surface area contributed by atoms with Crippen LogP contribution in [0, 0.1) is 6.92 Å². The smallest absolute Gasteiger partial charge is 0.317 e. The van der Waals surface area contributed by atoms with E-state index in [0.717, 1.165) is 35.8 Å². The van der Waals surface area contributed by atoms with Crippen molar-refractivity contribution in [2.24, 2.45) is 0 Å². The topological polar surface area (TPSA) is 88.4 Å². The molecule has 162 valence electrons. The van der Waals surface area contributed by atoms with Gasteiger partial charge >= 0.3 is 6.03 Å². The van der Waals surface area contributed by atoms with Crippen molar-refractivity contribution in [1.82, 2.24) is 30.0 Å². The third kappa shape index (κ3) is 4.88. The molecule has 9 nitrogen and oxygen atoms in total. The minimum absolute atomic E-state index is 0.0796. The van der Waals surface area contributed by atoms with E-state index in [9.17, 15) is 4.79 Å². The maximum absolute atomic E-state index is 12.5. The van der Waals surface area contributed by atoms with E-state index in [0.29, 0.717) is 30.6 Å². The number of amides is 2. The number of aryl methyl sites for hydroxylation is 1. The van der Waals surface area contributed by atoms with Crippen LogP contribution in [0.15, 0.2) is 42.9 Å². The van der Waals surface area contributed by atoms with Crippen molar-refractivity contribution in [1.29, 1.82) is 0 Å². The highest BCUT2D eigenvalue weighted by molar-refractivity contribution is 6.29. The summed E-state index contributed by atoms with van der Waals surface area (Å²) in [6, 6.07) is 9.50. The Labute approximate surface area is 185 Å². The number of pyridine rings is 1. The molecule has 0 aliphatic carbocycles. The fourth-order valence-corrected chi connectivity index (χ4v) is 3.59. The normalized spacial score (nSPS) is 13.9. The summed E-state index contributed by atoms with van der Waals surface area (Å²) < 4.78 is 7.28. The van der Waals surface area contributed by atoms with E-state index < -0.39 is 0 Å². The Morgan fingerprint density at radius 3 is 2.61 bits per heavy atom. The summed E-state index contributed by atoms with van der Waals surface area (Å²) in [5, 5.41) is 7.73. The zero-order valence-electron chi connectivity index (χ0n) is 17.5. The number of carbonyl (C=O) groups is 1. The molecule has 0 saturated carbocycles. The van der Waals surface area contributed by atoms with Crippen LogP contribution in [-0.4, -0.2) is 64.0 Å². The molecule has 0 spiro atoms. The van der Waals surface area contributed by atoms with Crippen LogP contribution < -0.4 is 15.0 Å². The third-order valence-corrected chi connectivity index (χ3v) is 5.40. The predicted octanol–water partition coefficient (Wildman–Crippen LogP) is 2.66. The third-order valence-electron chi connectivity index (χ3n) is 5.18. The number of methoxy groups -OCH3 is 1. The second kappa shape index (κ2) is 9.22. The van der Waals surface area contributed by atoms with Crippen molar-refractivity contribution < 1.29 is 9.53 Å². The molecule has 3 heterocycles. The molecule has 1 aliphatic heterocycles. The maximum Gasteiger partial charge on any atom is 0.317 e. The number of nitrogens with zero attached hydrogens (tertiary/aromatic N) is 6. The Balaban J connectivity index is 1.34. The molecule has 1 N–H and O–H groups in total. The zero-order chi connectivity index (χ0) is 21.8. The van der Waals surface area contributed by atoms with E-state index in [-0.39, 0.29) is 6.03 Å². The number of rotatable bonds is 5. The molecule has 2 aromatic heterocycles. The number of aromatic nitrogens is 4. The van der Waals surface area contributed by atoms with E-state index in [1.807, 2.05) is 36.1 Å². The molecule has 1 aliphatic rings. The summed E-state index contributed by atoms with van der Waals surface area (Å²) in [4.78, 5) is 24.8. The first-order valence-electron chi connectivity index (χ1n) is 9.98. The van der Waals surface area contributed by atoms with E-state index in [4.69, 9.17) is 16.3 Å². The second-order valence-electron chi connectivity index (χ2n) is 7.21. The monoisotopic (exact) mass is 441 g/mol. The van der Waals surface area contributed by atoms with Crippen LogP contribution in [0.4, 0.5) is 10.5 Å². The van der Waals surface area contributed by atoms with Crippen LogP contribution in [-0.2, 0) is 6.54 Å². The number of piperazine rings is 1. The SMILES string of the molecule is COc1cc(N2CCN(C(=O)NCc3ccc(Cl)nc3)CC2)ccc1-n1cnc(C)n1. The Kier molecular flexibility index (Phi) is 6.22. The van der Waals surface area contributed by atoms with Crippen molar-refractivity contribution in [3.63, 3.8) is 0 Å². The summed E-state index contributed by atoms with van der Waals surface area (Å²) in [6.07, 6.45) is 3.34. The van der Waals surface area contributed by atoms with Crippen molar-refractivity contribution in [2.75, 3.05) is 38.2 Å². The largest absolute Gasteiger partial charge is 0.494 e. The second-order valence-corrected chi connectivity index (χ2v) is 7.60. The average molecular weight is 442 g/mol. The molecule has 3 aromatic rings. The molecule has 0 atom stereocenters. The first-order valence-corrected chi connectivity index (χ1v) is 10.4. The van der Waals surface area contributed by atoms with E-state index in [1.54, 1.807) is 30.4 Å². The van der Waals surface area contributed by atoms with Gasteiger partial charge in [-0.25, -0.2) is 19.4 Å². The van der Waals surface area contributed by atoms with Gasteiger partial charge in [-0.15, -0.1) is 0 Å². The van der Waals surface area contributed by atoms with E-state index >= 15 is 0 Å². The van der Waals surface area contributed by atoms with Crippen LogP contribution in [0.3, 0.4) is 0 Å². The lowest BCUT2D eigenvalue weighted by molar-refractivity contribution is 0.194. The molecule has 10 heteroatoms. The number of nitrogens with one attached hydrogen (secondary N) is 1. The minimum Gasteiger partial charge on any atom is -0.494 e. The molecular formula is C21H24ClN7O2. The van der Waals surface area contributed by atoms with E-state index in [1.165, 1.54) is 0 Å². The Bertz CT molecular complexity index is 1050. The highest BCUT2D eigenvalue weighted by Crippen LogP contribution is 2.28. The van der Waals surface area contributed by atoms with Crippen molar-refractivity contribution in [3.05, 3.63) is 59.4 Å². The van der Waals surface area contributed by atoms with Crippen LogP contribution in [0.1, 0.15) is 11.4 Å². The number of anilines is 1. The predicted molar refractivity (Wildman–Crippen MR) is 118 cm³/mol. The summed E-state index contributed by atoms with van der Waals surface area (Å²) >= 11 is 5.79. The summed E-state index contributed by atoms with van der Waals surface area (Å²) in [7, 11) is 1.64. The lowest BCUT2D eigenvalue weighted by atomic mass is 10.2. The molecule has 4 rings (SSSR count). The molecular weight excluding hydrogens is 418 g/mol. The van der Waals surface area contributed by atoms with Crippen molar-refractivity contribution >= 4 is 23.3 Å². The molecule has 1 aromatic carbocycles. The molecule has 0 bridgehead atoms. The number of hydrogen-bond acceptors (Lipinski definition) is 6. The standard InChI is InChI=1S/C21H24ClN7O2/c1-15-25-14-29(26-15)18-5-4-17(11-19(18)31-2)27-7-9-28(10-8-27)21(30)24-13-16-3-6-20(22)23-12-16/h3-6,11-12,14H,7-10,13H2,1-2H3,(H,24,30). The van der Waals surface area contributed by atoms with Crippen LogP contribution in [0.5, 0.6) is 5.75 Å². The number of halogens is 1. The van der Waals surface area contributed by atoms with Crippen molar-refractivity contribution in [3.8, 4) is 11.4 Å².